The average molecular weight is 454 g/mol. The summed E-state index contributed by atoms with van der Waals surface area (Å²) in [4.78, 5) is 15.4. The van der Waals surface area contributed by atoms with Crippen molar-refractivity contribution in [2.45, 2.75) is 24.3 Å². The molecule has 2 heterocycles. The van der Waals surface area contributed by atoms with Gasteiger partial charge in [-0.3, -0.25) is 9.48 Å². The third-order valence-corrected chi connectivity index (χ3v) is 7.33. The zero-order valence-corrected chi connectivity index (χ0v) is 19.0. The highest BCUT2D eigenvalue weighted by Gasteiger charge is 2.24. The van der Waals surface area contributed by atoms with Gasteiger partial charge in [-0.25, -0.2) is 12.7 Å². The van der Waals surface area contributed by atoms with Crippen LogP contribution in [0.2, 0.25) is 0 Å². The molecule has 1 fully saturated rings. The van der Waals surface area contributed by atoms with Gasteiger partial charge in [0.25, 0.3) is 5.91 Å². The second kappa shape index (κ2) is 9.13. The molecular formula is C23H27N5O3S. The van der Waals surface area contributed by atoms with Crippen LogP contribution in [0.1, 0.15) is 28.8 Å². The molecule has 0 atom stereocenters. The van der Waals surface area contributed by atoms with Gasteiger partial charge in [-0.2, -0.15) is 5.10 Å². The fraction of sp³-hybridized carbons (Fsp3) is 0.304. The molecule has 4 rings (SSSR count). The summed E-state index contributed by atoms with van der Waals surface area (Å²) in [6, 6.07) is 14.7. The first-order valence-corrected chi connectivity index (χ1v) is 12.0. The van der Waals surface area contributed by atoms with Crippen molar-refractivity contribution in [1.82, 2.24) is 14.1 Å². The average Bonchev–Trinajstić information content (AvgIpc) is 3.46. The predicted octanol–water partition coefficient (Wildman–Crippen LogP) is 3.03. The molecule has 2 aromatic carbocycles. The Balaban J connectivity index is 1.60. The lowest BCUT2D eigenvalue weighted by molar-refractivity contribution is 0.102. The maximum Gasteiger partial charge on any atom is 0.257 e. The third-order valence-electron chi connectivity index (χ3n) is 5.52. The lowest BCUT2D eigenvalue weighted by Gasteiger charge is -2.22. The Morgan fingerprint density at radius 2 is 1.81 bits per heavy atom. The van der Waals surface area contributed by atoms with E-state index in [-0.39, 0.29) is 10.8 Å². The van der Waals surface area contributed by atoms with Crippen LogP contribution in [0.5, 0.6) is 0 Å². The number of carbonyl (C=O) groups is 1. The lowest BCUT2D eigenvalue weighted by Crippen LogP contribution is -2.25. The van der Waals surface area contributed by atoms with Crippen LogP contribution in [0.4, 0.5) is 11.4 Å². The Kier molecular flexibility index (Phi) is 6.29. The predicted molar refractivity (Wildman–Crippen MR) is 124 cm³/mol. The third kappa shape index (κ3) is 4.68. The first-order valence-electron chi connectivity index (χ1n) is 10.5. The minimum atomic E-state index is -3.66. The molecule has 1 N–H and O–H groups in total. The van der Waals surface area contributed by atoms with E-state index in [1.54, 1.807) is 29.2 Å². The summed E-state index contributed by atoms with van der Waals surface area (Å²) < 4.78 is 28.2. The first kappa shape index (κ1) is 22.0. The van der Waals surface area contributed by atoms with Crippen LogP contribution in [-0.2, 0) is 16.6 Å². The van der Waals surface area contributed by atoms with E-state index in [9.17, 15) is 13.2 Å². The molecule has 9 heteroatoms. The second-order valence-corrected chi connectivity index (χ2v) is 10.2. The number of amides is 1. The second-order valence-electron chi connectivity index (χ2n) is 8.03. The van der Waals surface area contributed by atoms with Crippen molar-refractivity contribution in [2.75, 3.05) is 37.4 Å². The molecule has 32 heavy (non-hydrogen) atoms. The van der Waals surface area contributed by atoms with E-state index < -0.39 is 10.0 Å². The van der Waals surface area contributed by atoms with Crippen LogP contribution >= 0.6 is 0 Å². The van der Waals surface area contributed by atoms with Gasteiger partial charge >= 0.3 is 0 Å². The topological polar surface area (TPSA) is 87.5 Å². The lowest BCUT2D eigenvalue weighted by atomic mass is 10.1. The molecule has 0 unspecified atom stereocenters. The van der Waals surface area contributed by atoms with Crippen molar-refractivity contribution >= 4 is 27.3 Å². The molecule has 1 amide bonds. The summed E-state index contributed by atoms with van der Waals surface area (Å²) >= 11 is 0. The van der Waals surface area contributed by atoms with Gasteiger partial charge < -0.3 is 10.2 Å². The molecule has 1 aromatic heterocycles. The number of rotatable bonds is 7. The quantitative estimate of drug-likeness (QED) is 0.594. The Hall–Kier alpha value is -3.17. The Morgan fingerprint density at radius 1 is 1.09 bits per heavy atom. The van der Waals surface area contributed by atoms with E-state index in [4.69, 9.17) is 0 Å². The SMILES string of the molecule is CN(C)S(=O)(=O)c1ccc(N2CCCC2)c(C(=O)Nc2cnn(Cc3ccccc3)c2)c1. The molecule has 168 valence electrons. The van der Waals surface area contributed by atoms with Gasteiger partial charge in [0, 0.05) is 39.1 Å². The van der Waals surface area contributed by atoms with Crippen molar-refractivity contribution in [3.8, 4) is 0 Å². The smallest absolute Gasteiger partial charge is 0.257 e. The maximum absolute atomic E-state index is 13.2. The molecule has 0 radical (unpaired) electrons. The van der Waals surface area contributed by atoms with Gasteiger partial charge in [-0.05, 0) is 36.6 Å². The van der Waals surface area contributed by atoms with Gasteiger partial charge in [-0.15, -0.1) is 0 Å². The van der Waals surface area contributed by atoms with E-state index in [0.717, 1.165) is 41.5 Å². The highest BCUT2D eigenvalue weighted by atomic mass is 32.2. The minimum absolute atomic E-state index is 0.0929. The van der Waals surface area contributed by atoms with E-state index >= 15 is 0 Å². The normalized spacial score (nSPS) is 14.2. The highest BCUT2D eigenvalue weighted by Crippen LogP contribution is 2.29. The number of nitrogens with zero attached hydrogens (tertiary/aromatic N) is 4. The Morgan fingerprint density at radius 3 is 2.50 bits per heavy atom. The van der Waals surface area contributed by atoms with Crippen molar-refractivity contribution < 1.29 is 13.2 Å². The Bertz CT molecular complexity index is 1200. The van der Waals surface area contributed by atoms with Crippen LogP contribution in [0, 0.1) is 0 Å². The van der Waals surface area contributed by atoms with Crippen molar-refractivity contribution in [1.29, 1.82) is 0 Å². The van der Waals surface area contributed by atoms with Crippen LogP contribution in [0.3, 0.4) is 0 Å². The summed E-state index contributed by atoms with van der Waals surface area (Å²) in [6.07, 6.45) is 5.45. The minimum Gasteiger partial charge on any atom is -0.371 e. The molecule has 1 aliphatic rings. The number of carbonyl (C=O) groups excluding carboxylic acids is 1. The molecule has 0 aliphatic carbocycles. The first-order chi connectivity index (χ1) is 15.3. The van der Waals surface area contributed by atoms with Gasteiger partial charge in [-0.1, -0.05) is 30.3 Å². The number of hydrogen-bond acceptors (Lipinski definition) is 5. The molecule has 0 spiro atoms. The van der Waals surface area contributed by atoms with Gasteiger partial charge in [0.2, 0.25) is 10.0 Å². The standard InChI is InChI=1S/C23H27N5O3S/c1-26(2)32(30,31)20-10-11-22(27-12-6-7-13-27)21(14-20)23(29)25-19-15-24-28(17-19)16-18-8-4-3-5-9-18/h3-5,8-11,14-15,17H,6-7,12-13,16H2,1-2H3,(H,25,29). The monoisotopic (exact) mass is 453 g/mol. The zero-order chi connectivity index (χ0) is 22.7. The summed E-state index contributed by atoms with van der Waals surface area (Å²) in [5.74, 6) is -0.359. The van der Waals surface area contributed by atoms with E-state index in [0.29, 0.717) is 17.8 Å². The fourth-order valence-electron chi connectivity index (χ4n) is 3.79. The summed E-state index contributed by atoms with van der Waals surface area (Å²) in [7, 11) is -0.705. The Labute approximate surface area is 188 Å². The fourth-order valence-corrected chi connectivity index (χ4v) is 4.71. The number of benzene rings is 2. The molecule has 0 bridgehead atoms. The van der Waals surface area contributed by atoms with E-state index in [1.807, 2.05) is 30.3 Å². The van der Waals surface area contributed by atoms with Gasteiger partial charge in [0.15, 0.2) is 0 Å². The van der Waals surface area contributed by atoms with Crippen molar-refractivity contribution in [3.63, 3.8) is 0 Å². The number of sulfonamides is 1. The van der Waals surface area contributed by atoms with Crippen LogP contribution in [-0.4, -0.2) is 55.6 Å². The van der Waals surface area contributed by atoms with Gasteiger partial charge in [0.1, 0.15) is 0 Å². The van der Waals surface area contributed by atoms with E-state index in [1.165, 1.54) is 20.2 Å². The van der Waals surface area contributed by atoms with Crippen molar-refractivity contribution in [3.05, 3.63) is 72.1 Å². The zero-order valence-electron chi connectivity index (χ0n) is 18.2. The number of nitrogens with one attached hydrogen (secondary N) is 1. The number of aromatic nitrogens is 2. The molecular weight excluding hydrogens is 426 g/mol. The van der Waals surface area contributed by atoms with Crippen molar-refractivity contribution in [2.24, 2.45) is 0 Å². The van der Waals surface area contributed by atoms with Gasteiger partial charge in [0.05, 0.1) is 28.9 Å². The summed E-state index contributed by atoms with van der Waals surface area (Å²) in [5.41, 5.74) is 2.74. The highest BCUT2D eigenvalue weighted by molar-refractivity contribution is 7.89. The maximum atomic E-state index is 13.2. The van der Waals surface area contributed by atoms with Crippen LogP contribution in [0.25, 0.3) is 0 Å². The molecule has 8 nitrogen and oxygen atoms in total. The number of hydrogen-bond donors (Lipinski definition) is 1. The molecule has 1 aliphatic heterocycles. The summed E-state index contributed by atoms with van der Waals surface area (Å²) in [5, 5.41) is 7.21. The summed E-state index contributed by atoms with van der Waals surface area (Å²) in [6.45, 7) is 2.27. The molecule has 3 aromatic rings. The van der Waals surface area contributed by atoms with Crippen LogP contribution in [0.15, 0.2) is 65.8 Å². The number of anilines is 2. The largest absolute Gasteiger partial charge is 0.371 e. The van der Waals surface area contributed by atoms with E-state index in [2.05, 4.69) is 15.3 Å². The molecule has 1 saturated heterocycles. The molecule has 0 saturated carbocycles. The van der Waals surface area contributed by atoms with Crippen LogP contribution < -0.4 is 10.2 Å².